The van der Waals surface area contributed by atoms with Gasteiger partial charge >= 0.3 is 0 Å². The first-order chi connectivity index (χ1) is 33.0. The summed E-state index contributed by atoms with van der Waals surface area (Å²) >= 11 is 0. The zero-order chi connectivity index (χ0) is 46.6. The second-order valence-electron chi connectivity index (χ2n) is 20.3. The van der Waals surface area contributed by atoms with Crippen LogP contribution in [-0.4, -0.2) is 13.3 Å². The summed E-state index contributed by atoms with van der Waals surface area (Å²) in [5, 5.41) is 0. The Labute approximate surface area is 403 Å². The van der Waals surface area contributed by atoms with Crippen molar-refractivity contribution in [2.24, 2.45) is 0 Å². The van der Waals surface area contributed by atoms with Gasteiger partial charge in [0.05, 0.1) is 34.1 Å². The van der Waals surface area contributed by atoms with Crippen molar-refractivity contribution in [3.8, 4) is 44.5 Å². The second-order valence-corrected chi connectivity index (χ2v) is 20.3. The van der Waals surface area contributed by atoms with E-state index in [9.17, 15) is 0 Å². The number of para-hydroxylation sites is 2. The Hall–Kier alpha value is -7.82. The van der Waals surface area contributed by atoms with E-state index in [0.29, 0.717) is 13.3 Å². The number of hydrogen-bond acceptors (Lipinski definition) is 4. The topological polar surface area (TPSA) is 13.0 Å². The molecule has 2 aliphatic rings. The van der Waals surface area contributed by atoms with Crippen LogP contribution in [-0.2, 0) is 10.8 Å². The minimum atomic E-state index is -0.0311. The molecule has 0 saturated heterocycles. The number of hydrogen-bond donors (Lipinski definition) is 0. The molecule has 2 heterocycles. The molecule has 0 radical (unpaired) electrons. The zero-order valence-corrected chi connectivity index (χ0v) is 40.0. The van der Waals surface area contributed by atoms with E-state index in [2.05, 4.69) is 280 Å². The summed E-state index contributed by atoms with van der Waals surface area (Å²) in [6.45, 7) is 15.2. The maximum atomic E-state index is 2.56. The first-order valence-corrected chi connectivity index (χ1v) is 24.0. The summed E-state index contributed by atoms with van der Waals surface area (Å²) in [5.74, 6) is 0. The summed E-state index contributed by atoms with van der Waals surface area (Å²) < 4.78 is 0. The summed E-state index contributed by atoms with van der Waals surface area (Å²) in [5.41, 5.74) is 21.7. The molecule has 0 saturated carbocycles. The van der Waals surface area contributed by atoms with E-state index in [1.807, 2.05) is 0 Å². The molecule has 68 heavy (non-hydrogen) atoms. The first-order valence-electron chi connectivity index (χ1n) is 24.0. The van der Waals surface area contributed by atoms with Crippen LogP contribution in [0.1, 0.15) is 52.7 Å². The monoisotopic (exact) mass is 882 g/mol. The Morgan fingerprint density at radius 3 is 0.897 bits per heavy atom. The van der Waals surface area contributed by atoms with Crippen LogP contribution < -0.4 is 19.6 Å². The number of anilines is 8. The molecule has 11 rings (SSSR count). The largest absolute Gasteiger partial charge is 0.321 e. The van der Waals surface area contributed by atoms with Crippen molar-refractivity contribution in [1.82, 2.24) is 0 Å². The third-order valence-corrected chi connectivity index (χ3v) is 13.8. The molecule has 4 heteroatoms. The molecule has 0 atom stereocenters. The van der Waals surface area contributed by atoms with Gasteiger partial charge < -0.3 is 19.6 Å². The maximum Gasteiger partial charge on any atom is 0.100 e. The van der Waals surface area contributed by atoms with Crippen LogP contribution >= 0.6 is 0 Å². The van der Waals surface area contributed by atoms with Gasteiger partial charge in [-0.1, -0.05) is 217 Å². The highest BCUT2D eigenvalue weighted by atomic mass is 15.4. The molecular weight excluding hydrogens is 825 g/mol. The van der Waals surface area contributed by atoms with Gasteiger partial charge in [-0.3, -0.25) is 0 Å². The Balaban J connectivity index is 1.06. The Bertz CT molecular complexity index is 2920. The molecule has 0 spiro atoms. The minimum absolute atomic E-state index is 0.0311. The SMILES string of the molecule is CC(C)(C)c1ccc2c(c1)N(c1c(-c3ccccc3)cccc1-c1ccccc1)CN2c1cccc(N2CN(c3c(-c4ccccc4)cccc3-c3ccccc3)c3cc(C(C)(C)C)ccc32)c1. The lowest BCUT2D eigenvalue weighted by Gasteiger charge is -2.29. The van der Waals surface area contributed by atoms with E-state index >= 15 is 0 Å². The number of benzene rings is 9. The fourth-order valence-corrected chi connectivity index (χ4v) is 10.2. The van der Waals surface area contributed by atoms with Crippen molar-refractivity contribution in [2.75, 3.05) is 32.9 Å². The smallest absolute Gasteiger partial charge is 0.100 e. The van der Waals surface area contributed by atoms with Gasteiger partial charge in [-0.05, 0) is 86.7 Å². The fraction of sp³-hybridized carbons (Fsp3) is 0.156. The van der Waals surface area contributed by atoms with Crippen LogP contribution in [0.2, 0.25) is 0 Å². The molecule has 2 aliphatic heterocycles. The quantitative estimate of drug-likeness (QED) is 0.151. The van der Waals surface area contributed by atoms with Gasteiger partial charge in [0.1, 0.15) is 13.3 Å². The van der Waals surface area contributed by atoms with Crippen LogP contribution in [0.4, 0.5) is 45.5 Å². The average molecular weight is 883 g/mol. The predicted octanol–water partition coefficient (Wildman–Crippen LogP) is 17.4. The van der Waals surface area contributed by atoms with Crippen molar-refractivity contribution in [3.05, 3.63) is 230 Å². The average Bonchev–Trinajstić information content (AvgIpc) is 3.95. The van der Waals surface area contributed by atoms with Crippen LogP contribution in [0.25, 0.3) is 44.5 Å². The van der Waals surface area contributed by atoms with Crippen LogP contribution in [0.15, 0.2) is 218 Å². The van der Waals surface area contributed by atoms with Crippen molar-refractivity contribution in [3.63, 3.8) is 0 Å². The molecule has 4 nitrogen and oxygen atoms in total. The summed E-state index contributed by atoms with van der Waals surface area (Å²) in [4.78, 5) is 10.2. The number of fused-ring (bicyclic) bond motifs is 2. The van der Waals surface area contributed by atoms with E-state index < -0.39 is 0 Å². The molecule has 0 N–H and O–H groups in total. The van der Waals surface area contributed by atoms with Gasteiger partial charge in [0.25, 0.3) is 0 Å². The highest BCUT2D eigenvalue weighted by Gasteiger charge is 2.36. The Morgan fingerprint density at radius 1 is 0.279 bits per heavy atom. The van der Waals surface area contributed by atoms with Gasteiger partial charge in [-0.15, -0.1) is 0 Å². The number of rotatable bonds is 8. The van der Waals surface area contributed by atoms with E-state index in [-0.39, 0.29) is 10.8 Å². The molecule has 0 unspecified atom stereocenters. The lowest BCUT2D eigenvalue weighted by molar-refractivity contribution is 0.590. The first kappa shape index (κ1) is 42.8. The van der Waals surface area contributed by atoms with Gasteiger partial charge in [0, 0.05) is 33.6 Å². The van der Waals surface area contributed by atoms with E-state index in [1.54, 1.807) is 0 Å². The van der Waals surface area contributed by atoms with Crippen LogP contribution in [0, 0.1) is 0 Å². The molecule has 0 amide bonds. The normalized spacial score (nSPS) is 13.5. The molecule has 0 fully saturated rings. The lowest BCUT2D eigenvalue weighted by Crippen LogP contribution is -2.26. The van der Waals surface area contributed by atoms with Gasteiger partial charge in [0.2, 0.25) is 0 Å². The maximum absolute atomic E-state index is 2.56. The van der Waals surface area contributed by atoms with Crippen molar-refractivity contribution in [1.29, 1.82) is 0 Å². The van der Waals surface area contributed by atoms with E-state index in [4.69, 9.17) is 0 Å². The van der Waals surface area contributed by atoms with Crippen LogP contribution in [0.3, 0.4) is 0 Å². The molecular formula is C64H58N4. The summed E-state index contributed by atoms with van der Waals surface area (Å²) in [6, 6.07) is 80.5. The standard InChI is InChI=1S/C64H58N4/c1-63(2,3)49-36-38-57-59(40-49)67(61-53(45-22-11-7-12-23-45)32-20-33-54(61)46-24-13-8-14-25-46)43-65(57)51-30-19-31-52(42-51)66-44-68(60-41-50(64(4,5)6)37-39-58(60)66)62-55(47-26-15-9-16-27-47)34-21-35-56(62)48-28-17-10-18-29-48/h7-42H,43-44H2,1-6H3. The van der Waals surface area contributed by atoms with E-state index in [1.165, 1.54) is 89.8 Å². The molecule has 0 aromatic heterocycles. The van der Waals surface area contributed by atoms with E-state index in [0.717, 1.165) is 11.4 Å². The molecule has 0 bridgehead atoms. The lowest BCUT2D eigenvalue weighted by atomic mass is 9.86. The Morgan fingerprint density at radius 2 is 0.588 bits per heavy atom. The minimum Gasteiger partial charge on any atom is -0.321 e. The highest BCUT2D eigenvalue weighted by Crippen LogP contribution is 2.54. The van der Waals surface area contributed by atoms with Crippen molar-refractivity contribution >= 4 is 45.5 Å². The molecule has 9 aromatic carbocycles. The van der Waals surface area contributed by atoms with Gasteiger partial charge in [-0.25, -0.2) is 0 Å². The highest BCUT2D eigenvalue weighted by molar-refractivity contribution is 6.01. The third-order valence-electron chi connectivity index (χ3n) is 13.8. The van der Waals surface area contributed by atoms with Crippen molar-refractivity contribution < 1.29 is 0 Å². The zero-order valence-electron chi connectivity index (χ0n) is 40.0. The predicted molar refractivity (Wildman–Crippen MR) is 290 cm³/mol. The summed E-state index contributed by atoms with van der Waals surface area (Å²) in [7, 11) is 0. The van der Waals surface area contributed by atoms with Gasteiger partial charge in [-0.2, -0.15) is 0 Å². The van der Waals surface area contributed by atoms with Crippen molar-refractivity contribution in [2.45, 2.75) is 52.4 Å². The van der Waals surface area contributed by atoms with Crippen LogP contribution in [0.5, 0.6) is 0 Å². The van der Waals surface area contributed by atoms with Gasteiger partial charge in [0.15, 0.2) is 0 Å². The third kappa shape index (κ3) is 7.80. The fourth-order valence-electron chi connectivity index (χ4n) is 10.2. The molecule has 334 valence electrons. The molecule has 9 aromatic rings. The summed E-state index contributed by atoms with van der Waals surface area (Å²) in [6.07, 6.45) is 0. The molecule has 0 aliphatic carbocycles. The Kier molecular flexibility index (Phi) is 10.8. The second kappa shape index (κ2) is 17.1. The number of nitrogens with zero attached hydrogens (tertiary/aromatic N) is 4.